The first-order chi connectivity index (χ1) is 20.3. The van der Waals surface area contributed by atoms with Crippen LogP contribution in [0.1, 0.15) is 12.2 Å². The molecule has 1 aromatic heterocycles. The molecule has 0 saturated heterocycles. The molecule has 3 rings (SSSR count). The zero-order valence-corrected chi connectivity index (χ0v) is 22.4. The zero-order valence-electron chi connectivity index (χ0n) is 22.4. The van der Waals surface area contributed by atoms with Crippen LogP contribution in [0.5, 0.6) is 11.5 Å². The maximum Gasteiger partial charge on any atom is 0.313 e. The van der Waals surface area contributed by atoms with E-state index in [9.17, 15) is 26.7 Å². The maximum absolute atomic E-state index is 13.5. The summed E-state index contributed by atoms with van der Waals surface area (Å²) in [6.07, 6.45) is -0.487. The Morgan fingerprint density at radius 1 is 0.619 bits per heavy atom. The number of esters is 1. The standard InChI is InChI=1S/C26H27F5N4O7/c1-16-32-34-26(35-33-16)17-2-4-18(5-3-17)41-15-14-40-13-12-39-11-10-38-9-8-37-7-6-19(36)42-25-23(30)21(28)20(27)22(29)24(25)31/h2-5H,6-15H2,1H3. The molecule has 0 N–H and O–H groups in total. The van der Waals surface area contributed by atoms with Crippen molar-refractivity contribution in [3.05, 3.63) is 59.2 Å². The van der Waals surface area contributed by atoms with Crippen LogP contribution < -0.4 is 9.47 Å². The molecule has 11 nitrogen and oxygen atoms in total. The SMILES string of the molecule is Cc1nnc(-c2ccc(OCCOCCOCCOCCOCCC(=O)Oc3c(F)c(F)c(F)c(F)c3F)cc2)nn1. The number of carbonyl (C=O) groups is 1. The van der Waals surface area contributed by atoms with Gasteiger partial charge in [-0.2, -0.15) is 8.78 Å². The smallest absolute Gasteiger partial charge is 0.313 e. The third-order valence-electron chi connectivity index (χ3n) is 5.14. The molecule has 2 aromatic carbocycles. The van der Waals surface area contributed by atoms with Gasteiger partial charge >= 0.3 is 5.97 Å². The van der Waals surface area contributed by atoms with E-state index < -0.39 is 47.2 Å². The van der Waals surface area contributed by atoms with Gasteiger partial charge in [0.2, 0.25) is 40.7 Å². The van der Waals surface area contributed by atoms with E-state index >= 15 is 0 Å². The lowest BCUT2D eigenvalue weighted by atomic mass is 10.2. The van der Waals surface area contributed by atoms with E-state index in [1.165, 1.54) is 0 Å². The lowest BCUT2D eigenvalue weighted by Crippen LogP contribution is -2.16. The summed E-state index contributed by atoms with van der Waals surface area (Å²) in [5.41, 5.74) is 0.769. The topological polar surface area (TPSA) is 124 Å². The van der Waals surface area contributed by atoms with Gasteiger partial charge in [0, 0.05) is 5.56 Å². The fourth-order valence-corrected chi connectivity index (χ4v) is 3.07. The van der Waals surface area contributed by atoms with Crippen LogP contribution in [0.2, 0.25) is 0 Å². The van der Waals surface area contributed by atoms with Crippen LogP contribution >= 0.6 is 0 Å². The van der Waals surface area contributed by atoms with E-state index in [2.05, 4.69) is 25.1 Å². The van der Waals surface area contributed by atoms with Crippen LogP contribution in [0.3, 0.4) is 0 Å². The van der Waals surface area contributed by atoms with Crippen LogP contribution in [0, 0.1) is 36.0 Å². The lowest BCUT2D eigenvalue weighted by molar-refractivity contribution is -0.136. The molecule has 0 aliphatic carbocycles. The molecule has 3 aromatic rings. The molecular weight excluding hydrogens is 575 g/mol. The van der Waals surface area contributed by atoms with Crippen molar-refractivity contribution in [2.75, 3.05) is 59.5 Å². The van der Waals surface area contributed by atoms with Crippen molar-refractivity contribution >= 4 is 5.97 Å². The number of benzene rings is 2. The van der Waals surface area contributed by atoms with Gasteiger partial charge < -0.3 is 28.4 Å². The van der Waals surface area contributed by atoms with Crippen LogP contribution in [0.15, 0.2) is 24.3 Å². The summed E-state index contributed by atoms with van der Waals surface area (Å²) in [5, 5.41) is 15.7. The van der Waals surface area contributed by atoms with Crippen molar-refractivity contribution in [1.82, 2.24) is 20.4 Å². The number of carbonyl (C=O) groups excluding carboxylic acids is 1. The normalized spacial score (nSPS) is 11.1. The summed E-state index contributed by atoms with van der Waals surface area (Å²) in [6, 6.07) is 7.18. The third kappa shape index (κ3) is 10.2. The predicted octanol–water partition coefficient (Wildman–Crippen LogP) is 3.38. The molecule has 16 heteroatoms. The van der Waals surface area contributed by atoms with Crippen LogP contribution in [0.25, 0.3) is 11.4 Å². The van der Waals surface area contributed by atoms with E-state index in [-0.39, 0.29) is 26.4 Å². The Labute approximate surface area is 236 Å². The number of halogens is 5. The number of aromatic nitrogens is 4. The van der Waals surface area contributed by atoms with Crippen LogP contribution in [-0.4, -0.2) is 85.8 Å². The highest BCUT2D eigenvalue weighted by atomic mass is 19.2. The Bertz CT molecular complexity index is 1260. The van der Waals surface area contributed by atoms with E-state index in [1.807, 2.05) is 0 Å². The molecule has 0 radical (unpaired) electrons. The van der Waals surface area contributed by atoms with Gasteiger partial charge in [0.15, 0.2) is 5.82 Å². The molecule has 0 unspecified atom stereocenters. The van der Waals surface area contributed by atoms with E-state index in [0.29, 0.717) is 50.4 Å². The van der Waals surface area contributed by atoms with E-state index in [4.69, 9.17) is 23.7 Å². The number of aryl methyl sites for hydroxylation is 1. The fourth-order valence-electron chi connectivity index (χ4n) is 3.07. The molecule has 0 spiro atoms. The Morgan fingerprint density at radius 2 is 1.07 bits per heavy atom. The summed E-state index contributed by atoms with van der Waals surface area (Å²) in [5.74, 6) is -12.6. The minimum atomic E-state index is -2.35. The Hall–Kier alpha value is -3.86. The van der Waals surface area contributed by atoms with E-state index in [1.54, 1.807) is 31.2 Å². The molecule has 1 heterocycles. The number of rotatable bonds is 18. The number of hydrogen-bond donors (Lipinski definition) is 0. The van der Waals surface area contributed by atoms with Gasteiger partial charge in [0.25, 0.3) is 0 Å². The minimum absolute atomic E-state index is 0.0792. The fraction of sp³-hybridized carbons (Fsp3) is 0.423. The van der Waals surface area contributed by atoms with Crippen LogP contribution in [-0.2, 0) is 23.7 Å². The van der Waals surface area contributed by atoms with Crippen molar-refractivity contribution in [2.45, 2.75) is 13.3 Å². The third-order valence-corrected chi connectivity index (χ3v) is 5.14. The van der Waals surface area contributed by atoms with Crippen molar-refractivity contribution in [1.29, 1.82) is 0 Å². The molecule has 0 saturated carbocycles. The molecule has 0 aliphatic heterocycles. The summed E-state index contributed by atoms with van der Waals surface area (Å²) in [6.45, 7) is 3.71. The maximum atomic E-state index is 13.5. The first-order valence-electron chi connectivity index (χ1n) is 12.6. The second kappa shape index (κ2) is 17.2. The summed E-state index contributed by atoms with van der Waals surface area (Å²) < 4.78 is 97.4. The van der Waals surface area contributed by atoms with Gasteiger partial charge in [-0.1, -0.05) is 0 Å². The summed E-state index contributed by atoms with van der Waals surface area (Å²) in [4.78, 5) is 11.6. The summed E-state index contributed by atoms with van der Waals surface area (Å²) >= 11 is 0. The highest BCUT2D eigenvalue weighted by molar-refractivity contribution is 5.72. The Morgan fingerprint density at radius 3 is 1.60 bits per heavy atom. The lowest BCUT2D eigenvalue weighted by Gasteiger charge is -2.09. The van der Waals surface area contributed by atoms with Gasteiger partial charge in [0.05, 0.1) is 59.3 Å². The van der Waals surface area contributed by atoms with Gasteiger partial charge in [-0.25, -0.2) is 13.2 Å². The van der Waals surface area contributed by atoms with Crippen molar-refractivity contribution in [3.8, 4) is 22.9 Å². The second-order valence-corrected chi connectivity index (χ2v) is 8.22. The minimum Gasteiger partial charge on any atom is -0.491 e. The van der Waals surface area contributed by atoms with Gasteiger partial charge in [-0.05, 0) is 31.2 Å². The molecule has 0 atom stereocenters. The Balaban J connectivity index is 1.12. The molecule has 228 valence electrons. The highest BCUT2D eigenvalue weighted by Gasteiger charge is 2.28. The van der Waals surface area contributed by atoms with Gasteiger partial charge in [0.1, 0.15) is 12.4 Å². The average molecular weight is 603 g/mol. The molecule has 0 amide bonds. The molecule has 0 fully saturated rings. The summed E-state index contributed by atoms with van der Waals surface area (Å²) in [7, 11) is 0. The van der Waals surface area contributed by atoms with Crippen LogP contribution in [0.4, 0.5) is 22.0 Å². The monoisotopic (exact) mass is 602 g/mol. The Kier molecular flexibility index (Phi) is 13.4. The van der Waals surface area contributed by atoms with Crippen molar-refractivity contribution < 1.29 is 55.2 Å². The van der Waals surface area contributed by atoms with Gasteiger partial charge in [-0.15, -0.1) is 20.4 Å². The highest BCUT2D eigenvalue weighted by Crippen LogP contribution is 2.29. The molecular formula is C26H27F5N4O7. The zero-order chi connectivity index (χ0) is 30.3. The molecule has 0 bridgehead atoms. The molecule has 42 heavy (non-hydrogen) atoms. The van der Waals surface area contributed by atoms with Crippen molar-refractivity contribution in [2.24, 2.45) is 0 Å². The van der Waals surface area contributed by atoms with Crippen molar-refractivity contribution in [3.63, 3.8) is 0 Å². The first-order valence-corrected chi connectivity index (χ1v) is 12.6. The number of nitrogens with zero attached hydrogens (tertiary/aromatic N) is 4. The largest absolute Gasteiger partial charge is 0.491 e. The predicted molar refractivity (Wildman–Crippen MR) is 133 cm³/mol. The quantitative estimate of drug-likeness (QED) is 0.0532. The first kappa shape index (κ1) is 32.7. The van der Waals surface area contributed by atoms with E-state index in [0.717, 1.165) is 5.56 Å². The molecule has 0 aliphatic rings. The number of ether oxygens (including phenoxy) is 6. The average Bonchev–Trinajstić information content (AvgIpc) is 3.00. The second-order valence-electron chi connectivity index (χ2n) is 8.22. The number of hydrogen-bond acceptors (Lipinski definition) is 11. The van der Waals surface area contributed by atoms with Gasteiger partial charge in [-0.3, -0.25) is 4.79 Å².